The standard InChI is InChI=1S/C25H18N4O5/c30-24(19-10-2-4-12-21(19)28-15-7-8-16-28)27-26-17-18-9-1-6-14-23(18)34-25(31)20-11-3-5-13-22(20)29(32)33/h1-17H,(H,27,30)/b26-17+. The number of rotatable bonds is 7. The van der Waals surface area contributed by atoms with E-state index in [1.54, 1.807) is 30.3 Å². The Kier molecular flexibility index (Phi) is 6.55. The van der Waals surface area contributed by atoms with Gasteiger partial charge in [-0.05, 0) is 42.5 Å². The molecular formula is C25H18N4O5. The largest absolute Gasteiger partial charge is 0.422 e. The van der Waals surface area contributed by atoms with Crippen molar-refractivity contribution in [1.82, 2.24) is 9.99 Å². The Bertz CT molecular complexity index is 1380. The molecule has 0 spiro atoms. The highest BCUT2D eigenvalue weighted by molar-refractivity contribution is 5.99. The molecule has 4 rings (SSSR count). The van der Waals surface area contributed by atoms with E-state index in [4.69, 9.17) is 4.74 Å². The fourth-order valence-electron chi connectivity index (χ4n) is 3.25. The Hall–Kier alpha value is -5.05. The second-order valence-electron chi connectivity index (χ2n) is 7.01. The van der Waals surface area contributed by atoms with Crippen LogP contribution in [0.5, 0.6) is 5.75 Å². The van der Waals surface area contributed by atoms with Gasteiger partial charge in [-0.1, -0.05) is 36.4 Å². The van der Waals surface area contributed by atoms with Crippen LogP contribution >= 0.6 is 0 Å². The lowest BCUT2D eigenvalue weighted by molar-refractivity contribution is -0.385. The van der Waals surface area contributed by atoms with Gasteiger partial charge in [-0.25, -0.2) is 10.2 Å². The minimum Gasteiger partial charge on any atom is -0.422 e. The first-order chi connectivity index (χ1) is 16.5. The number of esters is 1. The molecule has 1 heterocycles. The monoisotopic (exact) mass is 454 g/mol. The first kappa shape index (κ1) is 22.2. The molecule has 1 N–H and O–H groups in total. The summed E-state index contributed by atoms with van der Waals surface area (Å²) < 4.78 is 7.20. The Morgan fingerprint density at radius 2 is 1.53 bits per heavy atom. The summed E-state index contributed by atoms with van der Waals surface area (Å²) in [6, 6.07) is 22.8. The number of carbonyl (C=O) groups is 2. The molecule has 168 valence electrons. The lowest BCUT2D eigenvalue weighted by Gasteiger charge is -2.09. The summed E-state index contributed by atoms with van der Waals surface area (Å²) in [7, 11) is 0. The molecule has 9 nitrogen and oxygen atoms in total. The topological polar surface area (TPSA) is 116 Å². The quantitative estimate of drug-likeness (QED) is 0.146. The molecule has 4 aromatic rings. The molecule has 3 aromatic carbocycles. The van der Waals surface area contributed by atoms with Crippen LogP contribution in [0.4, 0.5) is 5.69 Å². The summed E-state index contributed by atoms with van der Waals surface area (Å²) in [4.78, 5) is 35.8. The molecule has 0 bridgehead atoms. The fourth-order valence-corrected chi connectivity index (χ4v) is 3.25. The van der Waals surface area contributed by atoms with Gasteiger partial charge in [0.15, 0.2) is 0 Å². The second-order valence-corrected chi connectivity index (χ2v) is 7.01. The number of hydrazone groups is 1. The highest BCUT2D eigenvalue weighted by Gasteiger charge is 2.21. The number of ether oxygens (including phenoxy) is 1. The Balaban J connectivity index is 1.50. The van der Waals surface area contributed by atoms with E-state index in [1.807, 2.05) is 41.2 Å². The van der Waals surface area contributed by atoms with Gasteiger partial charge >= 0.3 is 5.97 Å². The maximum absolute atomic E-state index is 12.7. The van der Waals surface area contributed by atoms with E-state index in [2.05, 4.69) is 10.5 Å². The third kappa shape index (κ3) is 4.89. The number of nitro benzene ring substituents is 1. The number of hydrogen-bond acceptors (Lipinski definition) is 6. The van der Waals surface area contributed by atoms with Crippen LogP contribution in [0.25, 0.3) is 5.69 Å². The van der Waals surface area contributed by atoms with Crippen molar-refractivity contribution in [3.8, 4) is 11.4 Å². The van der Waals surface area contributed by atoms with Crippen molar-refractivity contribution in [2.45, 2.75) is 0 Å². The number of para-hydroxylation sites is 3. The number of nitro groups is 1. The van der Waals surface area contributed by atoms with E-state index < -0.39 is 16.8 Å². The van der Waals surface area contributed by atoms with E-state index in [1.165, 1.54) is 36.5 Å². The first-order valence-corrected chi connectivity index (χ1v) is 10.1. The number of nitrogens with zero attached hydrogens (tertiary/aromatic N) is 3. The van der Waals surface area contributed by atoms with E-state index >= 15 is 0 Å². The van der Waals surface area contributed by atoms with Gasteiger partial charge in [0.1, 0.15) is 11.3 Å². The molecule has 1 amide bonds. The molecular weight excluding hydrogens is 436 g/mol. The molecule has 9 heteroatoms. The molecule has 0 atom stereocenters. The highest BCUT2D eigenvalue weighted by Crippen LogP contribution is 2.22. The molecule has 0 unspecified atom stereocenters. The van der Waals surface area contributed by atoms with Crippen molar-refractivity contribution in [3.63, 3.8) is 0 Å². The van der Waals surface area contributed by atoms with Gasteiger partial charge < -0.3 is 9.30 Å². The van der Waals surface area contributed by atoms with Crippen molar-refractivity contribution >= 4 is 23.8 Å². The van der Waals surface area contributed by atoms with Crippen molar-refractivity contribution in [2.75, 3.05) is 0 Å². The maximum Gasteiger partial charge on any atom is 0.350 e. The smallest absolute Gasteiger partial charge is 0.350 e. The molecule has 0 saturated heterocycles. The normalized spacial score (nSPS) is 10.7. The average Bonchev–Trinajstić information content (AvgIpc) is 3.40. The summed E-state index contributed by atoms with van der Waals surface area (Å²) >= 11 is 0. The predicted octanol–water partition coefficient (Wildman–Crippen LogP) is 4.37. The summed E-state index contributed by atoms with van der Waals surface area (Å²) in [6.45, 7) is 0. The number of benzene rings is 3. The van der Waals surface area contributed by atoms with Gasteiger partial charge in [-0.2, -0.15) is 5.10 Å². The molecule has 0 radical (unpaired) electrons. The number of nitrogens with one attached hydrogen (secondary N) is 1. The maximum atomic E-state index is 12.7. The first-order valence-electron chi connectivity index (χ1n) is 10.1. The minimum atomic E-state index is -0.877. The molecule has 34 heavy (non-hydrogen) atoms. The van der Waals surface area contributed by atoms with Crippen LogP contribution in [0, 0.1) is 10.1 Å². The number of carbonyl (C=O) groups excluding carboxylic acids is 2. The van der Waals surface area contributed by atoms with Gasteiger partial charge in [-0.3, -0.25) is 14.9 Å². The van der Waals surface area contributed by atoms with Crippen LogP contribution in [0.15, 0.2) is 102 Å². The Morgan fingerprint density at radius 1 is 0.882 bits per heavy atom. The second kappa shape index (κ2) is 10.0. The van der Waals surface area contributed by atoms with Gasteiger partial charge in [0.25, 0.3) is 11.6 Å². The molecule has 0 aliphatic heterocycles. The van der Waals surface area contributed by atoms with Gasteiger partial charge in [0.05, 0.1) is 22.4 Å². The van der Waals surface area contributed by atoms with Crippen LogP contribution in [0.2, 0.25) is 0 Å². The third-order valence-corrected chi connectivity index (χ3v) is 4.84. The lowest BCUT2D eigenvalue weighted by Crippen LogP contribution is -2.19. The molecule has 0 aliphatic rings. The number of hydrogen-bond donors (Lipinski definition) is 1. The van der Waals surface area contributed by atoms with E-state index in [0.29, 0.717) is 16.8 Å². The van der Waals surface area contributed by atoms with E-state index in [0.717, 1.165) is 0 Å². The van der Waals surface area contributed by atoms with Crippen LogP contribution < -0.4 is 10.2 Å². The van der Waals surface area contributed by atoms with Gasteiger partial charge in [-0.15, -0.1) is 0 Å². The Morgan fingerprint density at radius 3 is 2.29 bits per heavy atom. The molecule has 0 saturated carbocycles. The zero-order valence-electron chi connectivity index (χ0n) is 17.7. The van der Waals surface area contributed by atoms with Crippen molar-refractivity contribution < 1.29 is 19.2 Å². The number of amides is 1. The minimum absolute atomic E-state index is 0.136. The zero-order valence-corrected chi connectivity index (χ0v) is 17.7. The predicted molar refractivity (Wildman–Crippen MR) is 125 cm³/mol. The van der Waals surface area contributed by atoms with Crippen LogP contribution in [0.1, 0.15) is 26.3 Å². The van der Waals surface area contributed by atoms with Crippen molar-refractivity contribution in [3.05, 3.63) is 124 Å². The summed E-state index contributed by atoms with van der Waals surface area (Å²) in [5.41, 5.74) is 3.46. The zero-order chi connectivity index (χ0) is 23.9. The summed E-state index contributed by atoms with van der Waals surface area (Å²) in [6.07, 6.45) is 4.99. The van der Waals surface area contributed by atoms with Crippen molar-refractivity contribution in [1.29, 1.82) is 0 Å². The summed E-state index contributed by atoms with van der Waals surface area (Å²) in [5, 5.41) is 15.2. The van der Waals surface area contributed by atoms with E-state index in [-0.39, 0.29) is 17.0 Å². The van der Waals surface area contributed by atoms with Crippen LogP contribution in [-0.2, 0) is 0 Å². The van der Waals surface area contributed by atoms with Gasteiger partial charge in [0, 0.05) is 24.0 Å². The highest BCUT2D eigenvalue weighted by atomic mass is 16.6. The molecule has 0 fully saturated rings. The fraction of sp³-hybridized carbons (Fsp3) is 0. The SMILES string of the molecule is O=C(N/N=C/c1ccccc1OC(=O)c1ccccc1[N+](=O)[O-])c1ccccc1-n1cccc1. The van der Waals surface area contributed by atoms with Gasteiger partial charge in [0.2, 0.25) is 0 Å². The summed E-state index contributed by atoms with van der Waals surface area (Å²) in [5.74, 6) is -1.16. The average molecular weight is 454 g/mol. The molecule has 0 aliphatic carbocycles. The van der Waals surface area contributed by atoms with E-state index in [9.17, 15) is 19.7 Å². The lowest BCUT2D eigenvalue weighted by atomic mass is 10.1. The Labute approximate surface area is 194 Å². The third-order valence-electron chi connectivity index (χ3n) is 4.84. The molecule has 1 aromatic heterocycles. The number of aromatic nitrogens is 1. The van der Waals surface area contributed by atoms with Crippen LogP contribution in [0.3, 0.4) is 0 Å². The van der Waals surface area contributed by atoms with Crippen LogP contribution in [-0.4, -0.2) is 27.6 Å². The van der Waals surface area contributed by atoms with Crippen molar-refractivity contribution in [2.24, 2.45) is 5.10 Å².